The third kappa shape index (κ3) is 4.34. The summed E-state index contributed by atoms with van der Waals surface area (Å²) in [6.45, 7) is 1.24. The van der Waals surface area contributed by atoms with Gasteiger partial charge in [-0.05, 0) is 18.1 Å². The smallest absolute Gasteiger partial charge is 0.311 e. The molecular weight excluding hydrogens is 305 g/mol. The molecule has 1 aliphatic rings. The summed E-state index contributed by atoms with van der Waals surface area (Å²) in [6.07, 6.45) is -5.83. The van der Waals surface area contributed by atoms with Crippen LogP contribution in [0.2, 0.25) is 0 Å². The summed E-state index contributed by atoms with van der Waals surface area (Å²) in [6, 6.07) is 7.03. The van der Waals surface area contributed by atoms with E-state index in [9.17, 15) is 21.6 Å². The van der Waals surface area contributed by atoms with Crippen LogP contribution in [0.3, 0.4) is 0 Å². The minimum absolute atomic E-state index is 0.228. The second-order valence-electron chi connectivity index (χ2n) is 4.91. The second-order valence-corrected chi connectivity index (χ2v) is 6.93. The SMILES string of the molecule is O=S(=O)(CCCC(F)(F)F)N1CCNCc2ccccc21. The maximum atomic E-state index is 12.3. The molecule has 0 bridgehead atoms. The van der Waals surface area contributed by atoms with Crippen LogP contribution in [0.1, 0.15) is 18.4 Å². The fourth-order valence-corrected chi connectivity index (χ4v) is 3.86. The summed E-state index contributed by atoms with van der Waals surface area (Å²) in [7, 11) is -3.75. The Morgan fingerprint density at radius 1 is 1.24 bits per heavy atom. The third-order valence-electron chi connectivity index (χ3n) is 3.27. The molecule has 4 nitrogen and oxygen atoms in total. The summed E-state index contributed by atoms with van der Waals surface area (Å²) >= 11 is 0. The Labute approximate surface area is 122 Å². The molecule has 0 fully saturated rings. The highest BCUT2D eigenvalue weighted by Crippen LogP contribution is 2.27. The third-order valence-corrected chi connectivity index (χ3v) is 5.12. The molecule has 0 saturated carbocycles. The van der Waals surface area contributed by atoms with Crippen LogP contribution in [0.25, 0.3) is 0 Å². The van der Waals surface area contributed by atoms with Gasteiger partial charge >= 0.3 is 6.18 Å². The van der Waals surface area contributed by atoms with Crippen molar-refractivity contribution in [2.45, 2.75) is 25.6 Å². The van der Waals surface area contributed by atoms with Crippen LogP contribution < -0.4 is 9.62 Å². The topological polar surface area (TPSA) is 49.4 Å². The number of alkyl halides is 3. The number of nitrogens with one attached hydrogen (secondary N) is 1. The molecule has 1 aromatic carbocycles. The lowest BCUT2D eigenvalue weighted by Gasteiger charge is -2.24. The molecular formula is C13H17F3N2O2S. The monoisotopic (exact) mass is 322 g/mol. The zero-order chi connectivity index (χ0) is 15.5. The minimum Gasteiger partial charge on any atom is -0.311 e. The van der Waals surface area contributed by atoms with Crippen molar-refractivity contribution in [2.24, 2.45) is 0 Å². The Morgan fingerprint density at radius 3 is 2.67 bits per heavy atom. The molecule has 118 valence electrons. The van der Waals surface area contributed by atoms with E-state index in [2.05, 4.69) is 5.32 Å². The Bertz CT molecular complexity index is 587. The lowest BCUT2D eigenvalue weighted by Crippen LogP contribution is -2.36. The number of fused-ring (bicyclic) bond motifs is 1. The molecule has 0 amide bonds. The predicted molar refractivity (Wildman–Crippen MR) is 74.6 cm³/mol. The number of benzene rings is 1. The van der Waals surface area contributed by atoms with Gasteiger partial charge in [0.2, 0.25) is 10.0 Å². The van der Waals surface area contributed by atoms with Crippen molar-refractivity contribution < 1.29 is 21.6 Å². The molecule has 8 heteroatoms. The molecule has 0 spiro atoms. The number of sulfonamides is 1. The van der Waals surface area contributed by atoms with E-state index in [0.717, 1.165) is 5.56 Å². The number of para-hydroxylation sites is 1. The fraction of sp³-hybridized carbons (Fsp3) is 0.538. The van der Waals surface area contributed by atoms with Crippen molar-refractivity contribution in [3.8, 4) is 0 Å². The molecule has 1 aromatic rings. The van der Waals surface area contributed by atoms with Gasteiger partial charge in [0.25, 0.3) is 0 Å². The molecule has 2 rings (SSSR count). The molecule has 1 N–H and O–H groups in total. The van der Waals surface area contributed by atoms with Gasteiger partial charge in [-0.1, -0.05) is 18.2 Å². The Morgan fingerprint density at radius 2 is 1.95 bits per heavy atom. The Kier molecular flexibility index (Phi) is 4.77. The summed E-state index contributed by atoms with van der Waals surface area (Å²) in [5.41, 5.74) is 1.38. The van der Waals surface area contributed by atoms with Gasteiger partial charge in [0.15, 0.2) is 0 Å². The first kappa shape index (κ1) is 16.1. The van der Waals surface area contributed by atoms with Crippen molar-refractivity contribution in [1.82, 2.24) is 5.32 Å². The molecule has 0 unspecified atom stereocenters. The quantitative estimate of drug-likeness (QED) is 0.925. The van der Waals surface area contributed by atoms with Crippen molar-refractivity contribution in [2.75, 3.05) is 23.1 Å². The van der Waals surface area contributed by atoms with E-state index >= 15 is 0 Å². The fourth-order valence-electron chi connectivity index (χ4n) is 2.28. The highest BCUT2D eigenvalue weighted by atomic mass is 32.2. The number of rotatable bonds is 4. The highest BCUT2D eigenvalue weighted by molar-refractivity contribution is 7.92. The highest BCUT2D eigenvalue weighted by Gasteiger charge is 2.30. The van der Waals surface area contributed by atoms with Gasteiger partial charge in [-0.2, -0.15) is 13.2 Å². The summed E-state index contributed by atoms with van der Waals surface area (Å²) in [5.74, 6) is -0.499. The van der Waals surface area contributed by atoms with Crippen LogP contribution in [-0.2, 0) is 16.6 Å². The van der Waals surface area contributed by atoms with Gasteiger partial charge in [-0.3, -0.25) is 4.31 Å². The van der Waals surface area contributed by atoms with Crippen LogP contribution in [0.4, 0.5) is 18.9 Å². The maximum absolute atomic E-state index is 12.3. The van der Waals surface area contributed by atoms with Gasteiger partial charge < -0.3 is 5.32 Å². The molecule has 0 aromatic heterocycles. The molecule has 0 atom stereocenters. The van der Waals surface area contributed by atoms with Crippen molar-refractivity contribution in [3.63, 3.8) is 0 Å². The van der Waals surface area contributed by atoms with E-state index in [1.54, 1.807) is 18.2 Å². The predicted octanol–water partition coefficient (Wildman–Crippen LogP) is 2.27. The zero-order valence-electron chi connectivity index (χ0n) is 11.4. The van der Waals surface area contributed by atoms with E-state index in [1.807, 2.05) is 6.07 Å². The molecule has 1 heterocycles. The minimum atomic E-state index is -4.33. The summed E-state index contributed by atoms with van der Waals surface area (Å²) in [5, 5.41) is 3.10. The first-order chi connectivity index (χ1) is 9.80. The lowest BCUT2D eigenvalue weighted by atomic mass is 10.2. The van der Waals surface area contributed by atoms with E-state index in [1.165, 1.54) is 4.31 Å². The number of hydrogen-bond donors (Lipinski definition) is 1. The summed E-state index contributed by atoms with van der Waals surface area (Å²) < 4.78 is 62.3. The number of halogens is 3. The standard InChI is InChI=1S/C13H17F3N2O2S/c14-13(15,16)6-3-9-21(19,20)18-8-7-17-10-11-4-1-2-5-12(11)18/h1-2,4-5,17H,3,6-10H2. The van der Waals surface area contributed by atoms with Gasteiger partial charge in [0, 0.05) is 26.1 Å². The molecule has 0 aliphatic carbocycles. The largest absolute Gasteiger partial charge is 0.389 e. The maximum Gasteiger partial charge on any atom is 0.389 e. The van der Waals surface area contributed by atoms with E-state index < -0.39 is 34.8 Å². The van der Waals surface area contributed by atoms with Gasteiger partial charge in [0.05, 0.1) is 11.4 Å². The summed E-state index contributed by atoms with van der Waals surface area (Å²) in [4.78, 5) is 0. The van der Waals surface area contributed by atoms with Crippen molar-refractivity contribution in [1.29, 1.82) is 0 Å². The average Bonchev–Trinajstić information content (AvgIpc) is 2.59. The number of nitrogens with zero attached hydrogens (tertiary/aromatic N) is 1. The normalized spacial score (nSPS) is 16.4. The Hall–Kier alpha value is -1.28. The molecule has 0 radical (unpaired) electrons. The molecule has 0 saturated heterocycles. The van der Waals surface area contributed by atoms with E-state index in [0.29, 0.717) is 18.8 Å². The van der Waals surface area contributed by atoms with Crippen molar-refractivity contribution in [3.05, 3.63) is 29.8 Å². The number of hydrogen-bond acceptors (Lipinski definition) is 3. The lowest BCUT2D eigenvalue weighted by molar-refractivity contribution is -0.134. The van der Waals surface area contributed by atoms with E-state index in [-0.39, 0.29) is 6.54 Å². The van der Waals surface area contributed by atoms with Crippen LogP contribution in [0.5, 0.6) is 0 Å². The number of anilines is 1. The Balaban J connectivity index is 2.16. The first-order valence-corrected chi connectivity index (χ1v) is 8.26. The van der Waals surface area contributed by atoms with Crippen molar-refractivity contribution >= 4 is 15.7 Å². The van der Waals surface area contributed by atoms with Gasteiger partial charge in [-0.25, -0.2) is 8.42 Å². The molecule has 21 heavy (non-hydrogen) atoms. The van der Waals surface area contributed by atoms with E-state index in [4.69, 9.17) is 0 Å². The van der Waals surface area contributed by atoms with Gasteiger partial charge in [-0.15, -0.1) is 0 Å². The first-order valence-electron chi connectivity index (χ1n) is 6.65. The van der Waals surface area contributed by atoms with Crippen LogP contribution in [-0.4, -0.2) is 33.4 Å². The second kappa shape index (κ2) is 6.23. The van der Waals surface area contributed by atoms with Gasteiger partial charge in [0.1, 0.15) is 0 Å². The van der Waals surface area contributed by atoms with Crippen LogP contribution in [0, 0.1) is 0 Å². The zero-order valence-corrected chi connectivity index (χ0v) is 12.2. The van der Waals surface area contributed by atoms with Crippen LogP contribution >= 0.6 is 0 Å². The van der Waals surface area contributed by atoms with Crippen LogP contribution in [0.15, 0.2) is 24.3 Å². The average molecular weight is 322 g/mol. The molecule has 1 aliphatic heterocycles.